The summed E-state index contributed by atoms with van der Waals surface area (Å²) in [6.07, 6.45) is 3.42. The molecule has 33 heavy (non-hydrogen) atoms. The number of imidazole rings is 1. The summed E-state index contributed by atoms with van der Waals surface area (Å²) in [6, 6.07) is 8.46. The zero-order valence-electron chi connectivity index (χ0n) is 20.6. The summed E-state index contributed by atoms with van der Waals surface area (Å²) >= 11 is 0. The third-order valence-corrected chi connectivity index (χ3v) is 7.42. The van der Waals surface area contributed by atoms with Gasteiger partial charge in [-0.05, 0) is 53.6 Å². The van der Waals surface area contributed by atoms with E-state index in [1.54, 1.807) is 49.4 Å². The standard InChI is InChI=1S/C25H33N3O4S/c1-16-11-19(25(3,4)5)12-17(2)23(16)33(29,30)27-22(24-26-9-10-28(24)6)18-13-20(31-7)15-21(14-18)32-8/h9-15,22,27H,1-8H3. The highest BCUT2D eigenvalue weighted by atomic mass is 32.2. The van der Waals surface area contributed by atoms with E-state index in [1.165, 1.54) is 0 Å². The minimum atomic E-state index is -3.90. The smallest absolute Gasteiger partial charge is 0.242 e. The minimum absolute atomic E-state index is 0.0854. The maximum atomic E-state index is 13.7. The summed E-state index contributed by atoms with van der Waals surface area (Å²) in [7, 11) is 1.05. The molecule has 8 heteroatoms. The normalized spacial score (nSPS) is 13.1. The van der Waals surface area contributed by atoms with Crippen LogP contribution in [-0.4, -0.2) is 32.2 Å². The molecule has 0 saturated heterocycles. The number of rotatable bonds is 7. The molecule has 1 atom stereocenters. The lowest BCUT2D eigenvalue weighted by Crippen LogP contribution is -2.32. The van der Waals surface area contributed by atoms with E-state index in [-0.39, 0.29) is 10.3 Å². The van der Waals surface area contributed by atoms with E-state index in [1.807, 2.05) is 33.0 Å². The summed E-state index contributed by atoms with van der Waals surface area (Å²) in [5.74, 6) is 1.67. The van der Waals surface area contributed by atoms with Crippen molar-refractivity contribution in [3.05, 3.63) is 70.8 Å². The molecule has 0 amide bonds. The van der Waals surface area contributed by atoms with E-state index >= 15 is 0 Å². The lowest BCUT2D eigenvalue weighted by molar-refractivity contribution is 0.392. The summed E-state index contributed by atoms with van der Waals surface area (Å²) in [5.41, 5.74) is 3.07. The van der Waals surface area contributed by atoms with E-state index in [4.69, 9.17) is 9.47 Å². The number of sulfonamides is 1. The molecule has 0 spiro atoms. The zero-order valence-corrected chi connectivity index (χ0v) is 21.4. The molecule has 0 aliphatic rings. The molecule has 1 aromatic heterocycles. The van der Waals surface area contributed by atoms with E-state index < -0.39 is 16.1 Å². The molecule has 0 radical (unpaired) electrons. The molecule has 0 fully saturated rings. The fourth-order valence-corrected chi connectivity index (χ4v) is 5.58. The predicted molar refractivity (Wildman–Crippen MR) is 130 cm³/mol. The van der Waals surface area contributed by atoms with Gasteiger partial charge in [0, 0.05) is 25.5 Å². The minimum Gasteiger partial charge on any atom is -0.497 e. The first kappa shape index (κ1) is 24.8. The van der Waals surface area contributed by atoms with E-state index in [0.29, 0.717) is 34.0 Å². The van der Waals surface area contributed by atoms with Crippen LogP contribution in [0.1, 0.15) is 54.9 Å². The number of aryl methyl sites for hydroxylation is 3. The third kappa shape index (κ3) is 5.23. The van der Waals surface area contributed by atoms with Gasteiger partial charge >= 0.3 is 0 Å². The Kier molecular flexibility index (Phi) is 6.91. The number of aromatic nitrogens is 2. The van der Waals surface area contributed by atoms with Gasteiger partial charge in [0.1, 0.15) is 23.4 Å². The van der Waals surface area contributed by atoms with Gasteiger partial charge in [0.25, 0.3) is 0 Å². The average molecular weight is 472 g/mol. The Morgan fingerprint density at radius 3 is 1.94 bits per heavy atom. The molecule has 1 unspecified atom stereocenters. The highest BCUT2D eigenvalue weighted by Crippen LogP contribution is 2.33. The van der Waals surface area contributed by atoms with Crippen molar-refractivity contribution in [1.82, 2.24) is 14.3 Å². The number of hydrogen-bond donors (Lipinski definition) is 1. The second-order valence-corrected chi connectivity index (χ2v) is 10.9. The van der Waals surface area contributed by atoms with Gasteiger partial charge in [-0.2, -0.15) is 4.72 Å². The van der Waals surface area contributed by atoms with Crippen LogP contribution in [0, 0.1) is 13.8 Å². The van der Waals surface area contributed by atoms with Crippen molar-refractivity contribution >= 4 is 10.0 Å². The fraction of sp³-hybridized carbons (Fsp3) is 0.400. The second-order valence-electron chi connectivity index (χ2n) is 9.29. The summed E-state index contributed by atoms with van der Waals surface area (Å²) < 4.78 is 42.9. The Morgan fingerprint density at radius 2 is 1.52 bits per heavy atom. The maximum absolute atomic E-state index is 13.7. The van der Waals surface area contributed by atoms with Gasteiger partial charge in [0.05, 0.1) is 19.1 Å². The first-order valence-corrected chi connectivity index (χ1v) is 12.2. The van der Waals surface area contributed by atoms with Gasteiger partial charge in [-0.25, -0.2) is 13.4 Å². The van der Waals surface area contributed by atoms with Gasteiger partial charge in [0.2, 0.25) is 10.0 Å². The second kappa shape index (κ2) is 9.19. The van der Waals surface area contributed by atoms with Gasteiger partial charge in [-0.15, -0.1) is 0 Å². The lowest BCUT2D eigenvalue weighted by Gasteiger charge is -2.24. The summed E-state index contributed by atoms with van der Waals surface area (Å²) in [5, 5.41) is 0. The predicted octanol–water partition coefficient (Wildman–Crippen LogP) is 4.42. The molecular formula is C25H33N3O4S. The van der Waals surface area contributed by atoms with E-state index in [0.717, 1.165) is 5.56 Å². The van der Waals surface area contributed by atoms with Crippen molar-refractivity contribution in [2.45, 2.75) is 51.0 Å². The molecular weight excluding hydrogens is 438 g/mol. The summed E-state index contributed by atoms with van der Waals surface area (Å²) in [6.45, 7) is 10.0. The zero-order chi connectivity index (χ0) is 24.6. The topological polar surface area (TPSA) is 82.4 Å². The molecule has 1 N–H and O–H groups in total. The van der Waals surface area contributed by atoms with Crippen LogP contribution in [0.5, 0.6) is 11.5 Å². The number of nitrogens with one attached hydrogen (secondary N) is 1. The number of methoxy groups -OCH3 is 2. The van der Waals surface area contributed by atoms with Crippen molar-refractivity contribution in [3.63, 3.8) is 0 Å². The lowest BCUT2D eigenvalue weighted by atomic mass is 9.85. The number of ether oxygens (including phenoxy) is 2. The molecule has 2 aromatic carbocycles. The third-order valence-electron chi connectivity index (χ3n) is 5.69. The number of benzene rings is 2. The number of hydrogen-bond acceptors (Lipinski definition) is 5. The fourth-order valence-electron chi connectivity index (χ4n) is 3.94. The van der Waals surface area contributed by atoms with E-state index in [9.17, 15) is 8.42 Å². The first-order valence-electron chi connectivity index (χ1n) is 10.7. The van der Waals surface area contributed by atoms with Crippen LogP contribution in [-0.2, 0) is 22.5 Å². The Hall–Kier alpha value is -2.84. The van der Waals surface area contributed by atoms with Gasteiger partial charge in [0.15, 0.2) is 0 Å². The molecule has 0 bridgehead atoms. The van der Waals surface area contributed by atoms with Crippen LogP contribution < -0.4 is 14.2 Å². The Bertz CT molecular complexity index is 1210. The van der Waals surface area contributed by atoms with Crippen molar-refractivity contribution in [2.75, 3.05) is 14.2 Å². The van der Waals surface area contributed by atoms with Crippen LogP contribution >= 0.6 is 0 Å². The SMILES string of the molecule is COc1cc(OC)cc(C(NS(=O)(=O)c2c(C)cc(C(C)(C)C)cc2C)c2nccn2C)c1. The van der Waals surface area contributed by atoms with Crippen LogP contribution in [0.25, 0.3) is 0 Å². The molecule has 3 aromatic rings. The van der Waals surface area contributed by atoms with Crippen molar-refractivity contribution in [3.8, 4) is 11.5 Å². The van der Waals surface area contributed by atoms with E-state index in [2.05, 4.69) is 30.5 Å². The molecule has 1 heterocycles. The average Bonchev–Trinajstić information content (AvgIpc) is 3.15. The Morgan fingerprint density at radius 1 is 0.970 bits per heavy atom. The quantitative estimate of drug-likeness (QED) is 0.552. The largest absolute Gasteiger partial charge is 0.497 e. The molecule has 178 valence electrons. The molecule has 7 nitrogen and oxygen atoms in total. The van der Waals surface area contributed by atoms with Gasteiger partial charge in [-0.3, -0.25) is 0 Å². The van der Waals surface area contributed by atoms with Crippen molar-refractivity contribution < 1.29 is 17.9 Å². The molecule has 0 aliphatic heterocycles. The Labute approximate surface area is 196 Å². The first-order chi connectivity index (χ1) is 15.4. The van der Waals surface area contributed by atoms with Gasteiger partial charge in [-0.1, -0.05) is 32.9 Å². The molecule has 0 saturated carbocycles. The van der Waals surface area contributed by atoms with Crippen LogP contribution in [0.3, 0.4) is 0 Å². The van der Waals surface area contributed by atoms with Crippen molar-refractivity contribution in [1.29, 1.82) is 0 Å². The molecule has 0 aliphatic carbocycles. The van der Waals surface area contributed by atoms with Crippen molar-refractivity contribution in [2.24, 2.45) is 7.05 Å². The number of nitrogens with zero attached hydrogens (tertiary/aromatic N) is 2. The van der Waals surface area contributed by atoms with Crippen LogP contribution in [0.15, 0.2) is 47.6 Å². The molecule has 3 rings (SSSR count). The highest BCUT2D eigenvalue weighted by Gasteiger charge is 2.29. The summed E-state index contributed by atoms with van der Waals surface area (Å²) in [4.78, 5) is 4.71. The van der Waals surface area contributed by atoms with Crippen LogP contribution in [0.4, 0.5) is 0 Å². The Balaban J connectivity index is 2.14. The van der Waals surface area contributed by atoms with Crippen LogP contribution in [0.2, 0.25) is 0 Å². The monoisotopic (exact) mass is 471 g/mol. The highest BCUT2D eigenvalue weighted by molar-refractivity contribution is 7.89. The maximum Gasteiger partial charge on any atom is 0.242 e. The van der Waals surface area contributed by atoms with Gasteiger partial charge < -0.3 is 14.0 Å².